The van der Waals surface area contributed by atoms with Gasteiger partial charge in [0.1, 0.15) is 6.61 Å². The van der Waals surface area contributed by atoms with Gasteiger partial charge in [-0.05, 0) is 11.6 Å². The lowest BCUT2D eigenvalue weighted by atomic mass is 10.1. The quantitative estimate of drug-likeness (QED) is 0.825. The maximum atomic E-state index is 5.67. The monoisotopic (exact) mass is 272 g/mol. The van der Waals surface area contributed by atoms with E-state index >= 15 is 0 Å². The van der Waals surface area contributed by atoms with Crippen molar-refractivity contribution < 1.29 is 4.74 Å². The molecule has 0 radical (unpaired) electrons. The molecular formula is C15H16N2OS. The number of fused-ring (bicyclic) bond motifs is 1. The first kappa shape index (κ1) is 12.5. The molecule has 0 fully saturated rings. The van der Waals surface area contributed by atoms with Gasteiger partial charge in [-0.1, -0.05) is 30.3 Å². The van der Waals surface area contributed by atoms with Gasteiger partial charge in [0.15, 0.2) is 0 Å². The number of aromatic nitrogens is 1. The minimum absolute atomic E-state index is 0.669. The minimum atomic E-state index is 0.669. The molecule has 3 rings (SSSR count). The first-order chi connectivity index (χ1) is 9.36. The van der Waals surface area contributed by atoms with Crippen molar-refractivity contribution in [3.05, 3.63) is 47.5 Å². The predicted molar refractivity (Wildman–Crippen MR) is 79.6 cm³/mol. The van der Waals surface area contributed by atoms with Crippen molar-refractivity contribution in [3.8, 4) is 17.1 Å². The zero-order valence-electron chi connectivity index (χ0n) is 10.6. The summed E-state index contributed by atoms with van der Waals surface area (Å²) >= 11 is 4.27. The van der Waals surface area contributed by atoms with Crippen molar-refractivity contribution in [2.45, 2.75) is 12.3 Å². The molecule has 4 heteroatoms. The third-order valence-corrected chi connectivity index (χ3v) is 3.57. The summed E-state index contributed by atoms with van der Waals surface area (Å²) in [4.78, 5) is 4.62. The highest BCUT2D eigenvalue weighted by Crippen LogP contribution is 2.24. The SMILES string of the molecule is SCc1ccc(-c2ccc3c(n2)OCCNC3)cc1. The van der Waals surface area contributed by atoms with Gasteiger partial charge in [-0.2, -0.15) is 12.6 Å². The fourth-order valence-corrected chi connectivity index (χ4v) is 2.32. The molecular weight excluding hydrogens is 256 g/mol. The minimum Gasteiger partial charge on any atom is -0.476 e. The van der Waals surface area contributed by atoms with Gasteiger partial charge >= 0.3 is 0 Å². The molecule has 1 aromatic carbocycles. The Morgan fingerprint density at radius 2 is 2.00 bits per heavy atom. The van der Waals surface area contributed by atoms with Crippen LogP contribution in [0.2, 0.25) is 0 Å². The third kappa shape index (κ3) is 2.74. The van der Waals surface area contributed by atoms with Crippen molar-refractivity contribution in [2.24, 2.45) is 0 Å². The molecule has 0 saturated carbocycles. The lowest BCUT2D eigenvalue weighted by Gasteiger charge is -2.08. The highest BCUT2D eigenvalue weighted by molar-refractivity contribution is 7.79. The van der Waals surface area contributed by atoms with E-state index < -0.39 is 0 Å². The average molecular weight is 272 g/mol. The van der Waals surface area contributed by atoms with E-state index in [0.29, 0.717) is 6.61 Å². The summed E-state index contributed by atoms with van der Waals surface area (Å²) in [6.45, 7) is 2.35. The lowest BCUT2D eigenvalue weighted by Crippen LogP contribution is -2.16. The van der Waals surface area contributed by atoms with Gasteiger partial charge < -0.3 is 10.1 Å². The van der Waals surface area contributed by atoms with E-state index in [2.05, 4.69) is 53.3 Å². The van der Waals surface area contributed by atoms with E-state index in [4.69, 9.17) is 4.74 Å². The molecule has 3 nitrogen and oxygen atoms in total. The van der Waals surface area contributed by atoms with Crippen LogP contribution in [0, 0.1) is 0 Å². The Kier molecular flexibility index (Phi) is 3.71. The van der Waals surface area contributed by atoms with E-state index in [-0.39, 0.29) is 0 Å². The molecule has 1 N–H and O–H groups in total. The van der Waals surface area contributed by atoms with Crippen LogP contribution in [0.5, 0.6) is 5.88 Å². The molecule has 0 spiro atoms. The number of benzene rings is 1. The Labute approximate surface area is 118 Å². The van der Waals surface area contributed by atoms with Crippen LogP contribution in [-0.2, 0) is 12.3 Å². The van der Waals surface area contributed by atoms with E-state index in [1.807, 2.05) is 6.07 Å². The Balaban J connectivity index is 1.94. The Hall–Kier alpha value is -1.52. The molecule has 1 aliphatic heterocycles. The maximum Gasteiger partial charge on any atom is 0.218 e. The molecule has 19 heavy (non-hydrogen) atoms. The van der Waals surface area contributed by atoms with E-state index in [0.717, 1.165) is 41.5 Å². The largest absolute Gasteiger partial charge is 0.476 e. The summed E-state index contributed by atoms with van der Waals surface area (Å²) in [6.07, 6.45) is 0. The molecule has 1 aromatic heterocycles. The van der Waals surface area contributed by atoms with E-state index in [1.165, 1.54) is 5.56 Å². The van der Waals surface area contributed by atoms with Gasteiger partial charge in [0, 0.05) is 30.0 Å². The average Bonchev–Trinajstić information content (AvgIpc) is 2.72. The summed E-state index contributed by atoms with van der Waals surface area (Å²) < 4.78 is 5.67. The van der Waals surface area contributed by atoms with Gasteiger partial charge in [0.05, 0.1) is 5.69 Å². The normalized spacial score (nSPS) is 14.4. The zero-order chi connectivity index (χ0) is 13.1. The van der Waals surface area contributed by atoms with Gasteiger partial charge in [-0.3, -0.25) is 0 Å². The van der Waals surface area contributed by atoms with E-state index in [1.54, 1.807) is 0 Å². The van der Waals surface area contributed by atoms with Gasteiger partial charge in [0.25, 0.3) is 0 Å². The van der Waals surface area contributed by atoms with Crippen LogP contribution in [-0.4, -0.2) is 18.1 Å². The fourth-order valence-electron chi connectivity index (χ4n) is 2.11. The number of nitrogens with zero attached hydrogens (tertiary/aromatic N) is 1. The predicted octanol–water partition coefficient (Wildman–Crippen LogP) is 2.66. The van der Waals surface area contributed by atoms with Gasteiger partial charge in [0.2, 0.25) is 5.88 Å². The third-order valence-electron chi connectivity index (χ3n) is 3.20. The first-order valence-corrected chi connectivity index (χ1v) is 7.03. The lowest BCUT2D eigenvalue weighted by molar-refractivity contribution is 0.314. The maximum absolute atomic E-state index is 5.67. The molecule has 0 unspecified atom stereocenters. The second kappa shape index (κ2) is 5.63. The van der Waals surface area contributed by atoms with Gasteiger partial charge in [-0.15, -0.1) is 0 Å². The topological polar surface area (TPSA) is 34.1 Å². The van der Waals surface area contributed by atoms with Crippen molar-refractivity contribution in [1.29, 1.82) is 0 Å². The molecule has 2 heterocycles. The van der Waals surface area contributed by atoms with Crippen LogP contribution in [0.1, 0.15) is 11.1 Å². The van der Waals surface area contributed by atoms with Crippen LogP contribution in [0.4, 0.5) is 0 Å². The Bertz CT molecular complexity index is 569. The summed E-state index contributed by atoms with van der Waals surface area (Å²) in [5.74, 6) is 1.51. The molecule has 98 valence electrons. The first-order valence-electron chi connectivity index (χ1n) is 6.40. The molecule has 1 aliphatic rings. The fraction of sp³-hybridized carbons (Fsp3) is 0.267. The highest BCUT2D eigenvalue weighted by atomic mass is 32.1. The molecule has 0 bridgehead atoms. The molecule has 0 amide bonds. The highest BCUT2D eigenvalue weighted by Gasteiger charge is 2.11. The van der Waals surface area contributed by atoms with Crippen molar-refractivity contribution in [3.63, 3.8) is 0 Å². The number of nitrogens with one attached hydrogen (secondary N) is 1. The Morgan fingerprint density at radius 1 is 1.16 bits per heavy atom. The Morgan fingerprint density at radius 3 is 2.79 bits per heavy atom. The van der Waals surface area contributed by atoms with Crippen molar-refractivity contribution in [2.75, 3.05) is 13.2 Å². The summed E-state index contributed by atoms with van der Waals surface area (Å²) in [5.41, 5.74) is 4.39. The number of pyridine rings is 1. The number of ether oxygens (including phenoxy) is 1. The molecule has 0 aliphatic carbocycles. The van der Waals surface area contributed by atoms with Crippen LogP contribution >= 0.6 is 12.6 Å². The molecule has 0 atom stereocenters. The van der Waals surface area contributed by atoms with Crippen LogP contribution in [0.3, 0.4) is 0 Å². The van der Waals surface area contributed by atoms with Crippen LogP contribution in [0.15, 0.2) is 36.4 Å². The summed E-state index contributed by atoms with van der Waals surface area (Å²) in [5, 5.41) is 3.30. The van der Waals surface area contributed by atoms with Crippen LogP contribution in [0.25, 0.3) is 11.3 Å². The van der Waals surface area contributed by atoms with Gasteiger partial charge in [-0.25, -0.2) is 4.98 Å². The van der Waals surface area contributed by atoms with Crippen LogP contribution < -0.4 is 10.1 Å². The molecule has 0 saturated heterocycles. The summed E-state index contributed by atoms with van der Waals surface area (Å²) in [7, 11) is 0. The second-order valence-corrected chi connectivity index (χ2v) is 4.86. The second-order valence-electron chi connectivity index (χ2n) is 4.54. The van der Waals surface area contributed by atoms with Crippen molar-refractivity contribution >= 4 is 12.6 Å². The standard InChI is InChI=1S/C15H16N2OS/c19-10-11-1-3-12(4-2-11)14-6-5-13-9-16-7-8-18-15(13)17-14/h1-6,16,19H,7-10H2. The van der Waals surface area contributed by atoms with E-state index in [9.17, 15) is 0 Å². The number of rotatable bonds is 2. The number of hydrogen-bond donors (Lipinski definition) is 2. The molecule has 2 aromatic rings. The smallest absolute Gasteiger partial charge is 0.218 e. The summed E-state index contributed by atoms with van der Waals surface area (Å²) in [6, 6.07) is 12.5. The van der Waals surface area contributed by atoms with Crippen molar-refractivity contribution in [1.82, 2.24) is 10.3 Å². The number of hydrogen-bond acceptors (Lipinski definition) is 4. The zero-order valence-corrected chi connectivity index (χ0v) is 11.5. The number of thiol groups is 1.